The number of benzene rings is 1. The first-order chi connectivity index (χ1) is 6.54. The molecule has 0 aliphatic rings. The molecule has 0 fully saturated rings. The smallest absolute Gasteiger partial charge is 0.221 e. The maximum absolute atomic E-state index is 10.8. The third-order valence-electron chi connectivity index (χ3n) is 1.58. The van der Waals surface area contributed by atoms with Gasteiger partial charge in [-0.25, -0.2) is 0 Å². The van der Waals surface area contributed by atoms with Crippen LogP contribution in [0.3, 0.4) is 0 Å². The number of anilines is 1. The molecule has 14 heavy (non-hydrogen) atoms. The van der Waals surface area contributed by atoms with Crippen LogP contribution in [0, 0.1) is 0 Å². The predicted octanol–water partition coefficient (Wildman–Crippen LogP) is 2.12. The highest BCUT2D eigenvalue weighted by Crippen LogP contribution is 2.35. The molecule has 0 aliphatic heterocycles. The fourth-order valence-electron chi connectivity index (χ4n) is 0.989. The Bertz CT molecular complexity index is 365. The number of carbonyl (C=O) groups is 1. The second kappa shape index (κ2) is 4.32. The van der Waals surface area contributed by atoms with E-state index in [0.29, 0.717) is 15.9 Å². The van der Waals surface area contributed by atoms with Crippen LogP contribution in [0.25, 0.3) is 0 Å². The van der Waals surface area contributed by atoms with E-state index in [2.05, 4.69) is 21.2 Å². The van der Waals surface area contributed by atoms with Gasteiger partial charge in [-0.3, -0.25) is 4.79 Å². The Kier molecular flexibility index (Phi) is 3.35. The average molecular weight is 260 g/mol. The molecule has 0 spiro atoms. The first kappa shape index (κ1) is 10.8. The summed E-state index contributed by atoms with van der Waals surface area (Å²) in [5, 5.41) is 11.9. The van der Waals surface area contributed by atoms with Crippen LogP contribution in [0.2, 0.25) is 0 Å². The summed E-state index contributed by atoms with van der Waals surface area (Å²) in [6.07, 6.45) is 0. The maximum Gasteiger partial charge on any atom is 0.221 e. The molecule has 0 saturated carbocycles. The number of phenols is 1. The first-order valence-corrected chi connectivity index (χ1v) is 4.68. The number of carbonyl (C=O) groups excluding carboxylic acids is 1. The van der Waals surface area contributed by atoms with Crippen LogP contribution in [0.15, 0.2) is 16.6 Å². The van der Waals surface area contributed by atoms with Gasteiger partial charge in [-0.1, -0.05) is 0 Å². The van der Waals surface area contributed by atoms with E-state index in [1.54, 1.807) is 6.07 Å². The number of methoxy groups -OCH3 is 1. The minimum absolute atomic E-state index is 0.00660. The van der Waals surface area contributed by atoms with E-state index >= 15 is 0 Å². The van der Waals surface area contributed by atoms with Gasteiger partial charge in [-0.15, -0.1) is 0 Å². The number of amides is 1. The number of hydrogen-bond donors (Lipinski definition) is 2. The standard InChI is InChI=1S/C9H10BrNO3/c1-5(12)11-7-4-9(14-2)6(10)3-8(7)13/h3-4,13H,1-2H3,(H,11,12). The Morgan fingerprint density at radius 3 is 2.71 bits per heavy atom. The molecule has 5 heteroatoms. The molecule has 0 aromatic heterocycles. The minimum Gasteiger partial charge on any atom is -0.506 e. The predicted molar refractivity (Wildman–Crippen MR) is 56.7 cm³/mol. The number of ether oxygens (including phenoxy) is 1. The summed E-state index contributed by atoms with van der Waals surface area (Å²) in [6, 6.07) is 3.00. The van der Waals surface area contributed by atoms with Crippen molar-refractivity contribution in [3.8, 4) is 11.5 Å². The SMILES string of the molecule is COc1cc(NC(C)=O)c(O)cc1Br. The molecular weight excluding hydrogens is 250 g/mol. The van der Waals surface area contributed by atoms with Gasteiger partial charge in [0.1, 0.15) is 11.5 Å². The van der Waals surface area contributed by atoms with Crippen LogP contribution in [0.4, 0.5) is 5.69 Å². The van der Waals surface area contributed by atoms with Crippen molar-refractivity contribution < 1.29 is 14.6 Å². The van der Waals surface area contributed by atoms with E-state index in [0.717, 1.165) is 0 Å². The second-order valence-corrected chi connectivity index (χ2v) is 3.54. The Labute approximate surface area is 90.0 Å². The molecule has 1 aromatic carbocycles. The van der Waals surface area contributed by atoms with Crippen LogP contribution in [-0.4, -0.2) is 18.1 Å². The van der Waals surface area contributed by atoms with E-state index < -0.39 is 0 Å². The van der Waals surface area contributed by atoms with Crippen molar-refractivity contribution in [3.63, 3.8) is 0 Å². The largest absolute Gasteiger partial charge is 0.506 e. The minimum atomic E-state index is -0.246. The molecule has 1 amide bonds. The van der Waals surface area contributed by atoms with Crippen molar-refractivity contribution in [2.45, 2.75) is 6.92 Å². The molecule has 1 rings (SSSR count). The first-order valence-electron chi connectivity index (χ1n) is 3.88. The number of nitrogens with one attached hydrogen (secondary N) is 1. The molecule has 4 nitrogen and oxygen atoms in total. The van der Waals surface area contributed by atoms with Gasteiger partial charge < -0.3 is 15.2 Å². The Morgan fingerprint density at radius 1 is 1.57 bits per heavy atom. The fraction of sp³-hybridized carbons (Fsp3) is 0.222. The van der Waals surface area contributed by atoms with Gasteiger partial charge in [0, 0.05) is 13.0 Å². The van der Waals surface area contributed by atoms with Gasteiger partial charge in [-0.05, 0) is 22.0 Å². The maximum atomic E-state index is 10.8. The van der Waals surface area contributed by atoms with Crippen molar-refractivity contribution in [3.05, 3.63) is 16.6 Å². The monoisotopic (exact) mass is 259 g/mol. The van der Waals surface area contributed by atoms with Crippen LogP contribution in [0.5, 0.6) is 11.5 Å². The molecule has 0 atom stereocenters. The van der Waals surface area contributed by atoms with Gasteiger partial charge in [0.2, 0.25) is 5.91 Å². The lowest BCUT2D eigenvalue weighted by molar-refractivity contribution is -0.114. The van der Waals surface area contributed by atoms with Crippen LogP contribution in [0.1, 0.15) is 6.92 Å². The fourth-order valence-corrected chi connectivity index (χ4v) is 1.48. The molecular formula is C9H10BrNO3. The van der Waals surface area contributed by atoms with Gasteiger partial charge in [0.25, 0.3) is 0 Å². The molecule has 0 unspecified atom stereocenters. The zero-order valence-electron chi connectivity index (χ0n) is 7.80. The third kappa shape index (κ3) is 2.38. The highest BCUT2D eigenvalue weighted by molar-refractivity contribution is 9.10. The summed E-state index contributed by atoms with van der Waals surface area (Å²) < 4.78 is 5.64. The van der Waals surface area contributed by atoms with Gasteiger partial charge in [0.05, 0.1) is 17.3 Å². The number of aromatic hydroxyl groups is 1. The summed E-state index contributed by atoms with van der Waals surface area (Å²) in [5.41, 5.74) is 0.331. The summed E-state index contributed by atoms with van der Waals surface area (Å²) in [5.74, 6) is 0.295. The number of phenolic OH excluding ortho intramolecular Hbond substituents is 1. The molecule has 0 aliphatic carbocycles. The second-order valence-electron chi connectivity index (χ2n) is 2.69. The van der Waals surface area contributed by atoms with E-state index in [-0.39, 0.29) is 11.7 Å². The highest BCUT2D eigenvalue weighted by Gasteiger charge is 2.08. The van der Waals surface area contributed by atoms with E-state index in [4.69, 9.17) is 4.74 Å². The third-order valence-corrected chi connectivity index (χ3v) is 2.20. The topological polar surface area (TPSA) is 58.6 Å². The Hall–Kier alpha value is -1.23. The lowest BCUT2D eigenvalue weighted by Crippen LogP contribution is -2.06. The molecule has 0 bridgehead atoms. The molecule has 0 radical (unpaired) electrons. The zero-order valence-corrected chi connectivity index (χ0v) is 9.38. The van der Waals surface area contributed by atoms with Crippen molar-refractivity contribution in [2.24, 2.45) is 0 Å². The van der Waals surface area contributed by atoms with Crippen molar-refractivity contribution >= 4 is 27.5 Å². The molecule has 76 valence electrons. The molecule has 1 aromatic rings. The summed E-state index contributed by atoms with van der Waals surface area (Å²) >= 11 is 3.21. The number of rotatable bonds is 2. The van der Waals surface area contributed by atoms with Crippen molar-refractivity contribution in [1.29, 1.82) is 0 Å². The van der Waals surface area contributed by atoms with Crippen molar-refractivity contribution in [1.82, 2.24) is 0 Å². The quantitative estimate of drug-likeness (QED) is 0.801. The van der Waals surface area contributed by atoms with E-state index in [1.807, 2.05) is 0 Å². The number of halogens is 1. The van der Waals surface area contributed by atoms with Gasteiger partial charge >= 0.3 is 0 Å². The lowest BCUT2D eigenvalue weighted by Gasteiger charge is -2.09. The van der Waals surface area contributed by atoms with E-state index in [9.17, 15) is 9.90 Å². The van der Waals surface area contributed by atoms with E-state index in [1.165, 1.54) is 20.1 Å². The highest BCUT2D eigenvalue weighted by atomic mass is 79.9. The summed E-state index contributed by atoms with van der Waals surface area (Å²) in [6.45, 7) is 1.37. The van der Waals surface area contributed by atoms with Crippen LogP contribution < -0.4 is 10.1 Å². The van der Waals surface area contributed by atoms with Crippen LogP contribution in [-0.2, 0) is 4.79 Å². The summed E-state index contributed by atoms with van der Waals surface area (Å²) in [4.78, 5) is 10.8. The molecule has 0 saturated heterocycles. The van der Waals surface area contributed by atoms with Gasteiger partial charge in [0.15, 0.2) is 0 Å². The average Bonchev–Trinajstić information content (AvgIpc) is 2.09. The molecule has 0 heterocycles. The normalized spacial score (nSPS) is 9.64. The summed E-state index contributed by atoms with van der Waals surface area (Å²) in [7, 11) is 1.51. The molecule has 2 N–H and O–H groups in total. The van der Waals surface area contributed by atoms with Gasteiger partial charge in [-0.2, -0.15) is 0 Å². The Morgan fingerprint density at radius 2 is 2.21 bits per heavy atom. The Balaban J connectivity index is 3.10. The van der Waals surface area contributed by atoms with Crippen molar-refractivity contribution in [2.75, 3.05) is 12.4 Å². The van der Waals surface area contributed by atoms with Crippen LogP contribution >= 0.6 is 15.9 Å². The lowest BCUT2D eigenvalue weighted by atomic mass is 10.2. The zero-order chi connectivity index (χ0) is 10.7. The number of hydrogen-bond acceptors (Lipinski definition) is 3.